The molecular formula is C12H19NOS. The van der Waals surface area contributed by atoms with Gasteiger partial charge in [-0.2, -0.15) is 0 Å². The molecule has 1 aromatic rings. The van der Waals surface area contributed by atoms with Gasteiger partial charge in [-0.05, 0) is 19.8 Å². The summed E-state index contributed by atoms with van der Waals surface area (Å²) < 4.78 is 0. The van der Waals surface area contributed by atoms with Crippen molar-refractivity contribution in [3.8, 4) is 0 Å². The Balaban J connectivity index is 2.27. The second-order valence-electron chi connectivity index (χ2n) is 5.06. The van der Waals surface area contributed by atoms with Gasteiger partial charge in [0.2, 0.25) is 0 Å². The molecule has 2 rings (SSSR count). The predicted molar refractivity (Wildman–Crippen MR) is 62.9 cm³/mol. The second-order valence-corrected chi connectivity index (χ2v) is 5.95. The van der Waals surface area contributed by atoms with E-state index in [1.54, 1.807) is 16.8 Å². The SMILES string of the molecule is CC1(C(C)(O)c2cncs2)CCCCC1. The number of hydrogen-bond acceptors (Lipinski definition) is 3. The number of nitrogens with zero attached hydrogens (tertiary/aromatic N) is 1. The highest BCUT2D eigenvalue weighted by Crippen LogP contribution is 2.50. The normalized spacial score (nSPS) is 24.7. The van der Waals surface area contributed by atoms with E-state index in [4.69, 9.17) is 0 Å². The van der Waals surface area contributed by atoms with Crippen LogP contribution >= 0.6 is 11.3 Å². The van der Waals surface area contributed by atoms with Crippen LogP contribution in [0.15, 0.2) is 11.7 Å². The van der Waals surface area contributed by atoms with Crippen LogP contribution in [0.5, 0.6) is 0 Å². The van der Waals surface area contributed by atoms with E-state index in [0.29, 0.717) is 0 Å². The van der Waals surface area contributed by atoms with Gasteiger partial charge in [0.15, 0.2) is 0 Å². The van der Waals surface area contributed by atoms with E-state index in [1.807, 2.05) is 13.1 Å². The topological polar surface area (TPSA) is 33.1 Å². The molecule has 0 saturated heterocycles. The minimum atomic E-state index is -0.714. The molecule has 15 heavy (non-hydrogen) atoms. The molecule has 1 fully saturated rings. The lowest BCUT2D eigenvalue weighted by molar-refractivity contribution is -0.0838. The summed E-state index contributed by atoms with van der Waals surface area (Å²) in [6, 6.07) is 0. The lowest BCUT2D eigenvalue weighted by Crippen LogP contribution is -2.42. The largest absolute Gasteiger partial charge is 0.384 e. The van der Waals surface area contributed by atoms with Crippen molar-refractivity contribution in [2.24, 2.45) is 5.41 Å². The highest BCUT2D eigenvalue weighted by molar-refractivity contribution is 7.09. The highest BCUT2D eigenvalue weighted by Gasteiger charge is 2.45. The standard InChI is InChI=1S/C12H19NOS/c1-11(6-4-3-5-7-11)12(2,14)10-8-13-9-15-10/h8-9,14H,3-7H2,1-2H3. The molecule has 3 heteroatoms. The fourth-order valence-corrected chi connectivity index (χ4v) is 3.41. The summed E-state index contributed by atoms with van der Waals surface area (Å²) in [7, 11) is 0. The van der Waals surface area contributed by atoms with Crippen LogP contribution in [0.4, 0.5) is 0 Å². The molecule has 0 bridgehead atoms. The molecule has 1 aromatic heterocycles. The first-order chi connectivity index (χ1) is 7.06. The molecule has 0 aromatic carbocycles. The van der Waals surface area contributed by atoms with Gasteiger partial charge in [-0.15, -0.1) is 11.3 Å². The Kier molecular flexibility index (Phi) is 2.86. The zero-order valence-electron chi connectivity index (χ0n) is 9.49. The predicted octanol–water partition coefficient (Wildman–Crippen LogP) is 3.32. The Hall–Kier alpha value is -0.410. The summed E-state index contributed by atoms with van der Waals surface area (Å²) in [6.07, 6.45) is 7.85. The van der Waals surface area contributed by atoms with Crippen LogP contribution in [0.2, 0.25) is 0 Å². The minimum absolute atomic E-state index is 0.0256. The zero-order chi connectivity index (χ0) is 10.9. The third-order valence-corrected chi connectivity index (χ3v) is 5.03. The van der Waals surface area contributed by atoms with Gasteiger partial charge in [0.1, 0.15) is 5.60 Å². The molecule has 1 aliphatic carbocycles. The molecule has 1 heterocycles. The van der Waals surface area contributed by atoms with Crippen molar-refractivity contribution in [2.45, 2.75) is 51.6 Å². The Morgan fingerprint density at radius 3 is 2.60 bits per heavy atom. The maximum atomic E-state index is 10.7. The molecule has 1 aliphatic rings. The summed E-state index contributed by atoms with van der Waals surface area (Å²) in [5, 5.41) is 10.7. The first-order valence-corrected chi connectivity index (χ1v) is 6.56. The molecule has 0 aliphatic heterocycles. The number of thiazole rings is 1. The number of aliphatic hydroxyl groups is 1. The van der Waals surface area contributed by atoms with Gasteiger partial charge < -0.3 is 5.11 Å². The van der Waals surface area contributed by atoms with Crippen molar-refractivity contribution < 1.29 is 5.11 Å². The van der Waals surface area contributed by atoms with E-state index < -0.39 is 5.60 Å². The number of hydrogen-bond donors (Lipinski definition) is 1. The van der Waals surface area contributed by atoms with Gasteiger partial charge in [0.05, 0.1) is 10.4 Å². The maximum absolute atomic E-state index is 10.7. The fourth-order valence-electron chi connectivity index (χ4n) is 2.57. The monoisotopic (exact) mass is 225 g/mol. The van der Waals surface area contributed by atoms with Crippen LogP contribution in [0.25, 0.3) is 0 Å². The maximum Gasteiger partial charge on any atom is 0.103 e. The number of rotatable bonds is 2. The third-order valence-electron chi connectivity index (χ3n) is 4.04. The molecule has 1 atom stereocenters. The summed E-state index contributed by atoms with van der Waals surface area (Å²) in [4.78, 5) is 5.08. The highest BCUT2D eigenvalue weighted by atomic mass is 32.1. The van der Waals surface area contributed by atoms with Crippen LogP contribution in [0.3, 0.4) is 0 Å². The molecule has 0 amide bonds. The fraction of sp³-hybridized carbons (Fsp3) is 0.750. The van der Waals surface area contributed by atoms with Crippen LogP contribution in [-0.4, -0.2) is 10.1 Å². The molecule has 0 radical (unpaired) electrons. The molecule has 1 unspecified atom stereocenters. The summed E-state index contributed by atoms with van der Waals surface area (Å²) in [5.74, 6) is 0. The summed E-state index contributed by atoms with van der Waals surface area (Å²) >= 11 is 1.56. The van der Waals surface area contributed by atoms with Crippen molar-refractivity contribution >= 4 is 11.3 Å². The average molecular weight is 225 g/mol. The van der Waals surface area contributed by atoms with Crippen molar-refractivity contribution in [3.63, 3.8) is 0 Å². The van der Waals surface area contributed by atoms with Gasteiger partial charge in [-0.25, -0.2) is 0 Å². The van der Waals surface area contributed by atoms with E-state index in [2.05, 4.69) is 11.9 Å². The van der Waals surface area contributed by atoms with Crippen LogP contribution < -0.4 is 0 Å². The van der Waals surface area contributed by atoms with Crippen molar-refractivity contribution in [1.82, 2.24) is 4.98 Å². The Bertz CT molecular complexity index is 312. The first-order valence-electron chi connectivity index (χ1n) is 5.68. The van der Waals surface area contributed by atoms with Gasteiger partial charge >= 0.3 is 0 Å². The minimum Gasteiger partial charge on any atom is -0.384 e. The zero-order valence-corrected chi connectivity index (χ0v) is 10.3. The molecule has 1 N–H and O–H groups in total. The van der Waals surface area contributed by atoms with E-state index in [0.717, 1.165) is 17.7 Å². The lowest BCUT2D eigenvalue weighted by atomic mass is 9.65. The molecular weight excluding hydrogens is 206 g/mol. The summed E-state index contributed by atoms with van der Waals surface area (Å²) in [5.41, 5.74) is 1.11. The van der Waals surface area contributed by atoms with Crippen molar-refractivity contribution in [3.05, 3.63) is 16.6 Å². The third kappa shape index (κ3) is 1.83. The quantitative estimate of drug-likeness (QED) is 0.837. The van der Waals surface area contributed by atoms with E-state index in [-0.39, 0.29) is 5.41 Å². The number of aromatic nitrogens is 1. The van der Waals surface area contributed by atoms with Gasteiger partial charge in [-0.1, -0.05) is 26.2 Å². The molecule has 0 spiro atoms. The summed E-state index contributed by atoms with van der Waals surface area (Å²) in [6.45, 7) is 4.16. The van der Waals surface area contributed by atoms with E-state index in [1.165, 1.54) is 19.3 Å². The Labute approximate surface area is 95.4 Å². The van der Waals surface area contributed by atoms with Gasteiger partial charge in [-0.3, -0.25) is 4.98 Å². The van der Waals surface area contributed by atoms with Crippen LogP contribution in [0, 0.1) is 5.41 Å². The Morgan fingerprint density at radius 2 is 2.07 bits per heavy atom. The smallest absolute Gasteiger partial charge is 0.103 e. The van der Waals surface area contributed by atoms with Crippen molar-refractivity contribution in [1.29, 1.82) is 0 Å². The van der Waals surface area contributed by atoms with Crippen molar-refractivity contribution in [2.75, 3.05) is 0 Å². The van der Waals surface area contributed by atoms with E-state index in [9.17, 15) is 5.11 Å². The van der Waals surface area contributed by atoms with Crippen LogP contribution in [-0.2, 0) is 5.60 Å². The van der Waals surface area contributed by atoms with Crippen LogP contribution in [0.1, 0.15) is 50.8 Å². The average Bonchev–Trinajstić information content (AvgIpc) is 2.72. The molecule has 2 nitrogen and oxygen atoms in total. The first kappa shape index (κ1) is 11.1. The van der Waals surface area contributed by atoms with Gasteiger partial charge in [0.25, 0.3) is 0 Å². The second kappa shape index (κ2) is 3.87. The van der Waals surface area contributed by atoms with E-state index >= 15 is 0 Å². The van der Waals surface area contributed by atoms with Gasteiger partial charge in [0, 0.05) is 11.6 Å². The molecule has 1 saturated carbocycles. The Morgan fingerprint density at radius 1 is 1.40 bits per heavy atom. The lowest BCUT2D eigenvalue weighted by Gasteiger charge is -2.44. The molecule has 84 valence electrons.